The summed E-state index contributed by atoms with van der Waals surface area (Å²) in [6.07, 6.45) is 1.04. The summed E-state index contributed by atoms with van der Waals surface area (Å²) in [6, 6.07) is 18.7. The number of hydrogen-bond acceptors (Lipinski definition) is 5. The molecule has 5 rings (SSSR count). The largest absolute Gasteiger partial charge is 0.445 e. The van der Waals surface area contributed by atoms with Crippen molar-refractivity contribution < 1.29 is 23.9 Å². The summed E-state index contributed by atoms with van der Waals surface area (Å²) < 4.78 is 11.1. The van der Waals surface area contributed by atoms with Gasteiger partial charge in [0.05, 0.1) is 6.04 Å². The van der Waals surface area contributed by atoms with Gasteiger partial charge in [-0.2, -0.15) is 0 Å². The van der Waals surface area contributed by atoms with Crippen LogP contribution in [-0.4, -0.2) is 41.2 Å². The van der Waals surface area contributed by atoms with Crippen molar-refractivity contribution in [2.75, 3.05) is 6.54 Å². The first-order valence-corrected chi connectivity index (χ1v) is 15.1. The standard InChI is InChI=1S/C34H38ClN3O5/c1-21(37-32(40)43-34(2,3)4)26-15-14-25(35)17-24(26)19-36-31(39)30-13-8-16-38(30)33(41)42-20-23-10-7-12-28-27-11-6-5-9-22(27)18-29(23)28/h5-7,9-12,14-15,17,21,30H,8,13,16,18-20H2,1-4H3,(H,36,39)(H,37,40)/t21?,30-/m0/s1. The topological polar surface area (TPSA) is 97.0 Å². The SMILES string of the molecule is CC(NC(=O)OC(C)(C)C)c1ccc(Cl)cc1CNC(=O)[C@@H]1CCCN1C(=O)OCc1cccc2c1Cc1ccccc1-2. The van der Waals surface area contributed by atoms with Gasteiger partial charge in [-0.05, 0) is 98.0 Å². The summed E-state index contributed by atoms with van der Waals surface area (Å²) >= 11 is 6.27. The molecule has 0 aromatic heterocycles. The molecule has 1 aliphatic heterocycles. The summed E-state index contributed by atoms with van der Waals surface area (Å²) in [5.41, 5.74) is 6.77. The number of hydrogen-bond donors (Lipinski definition) is 2. The number of fused-ring (bicyclic) bond motifs is 3. The lowest BCUT2D eigenvalue weighted by molar-refractivity contribution is -0.125. The van der Waals surface area contributed by atoms with E-state index in [1.54, 1.807) is 32.9 Å². The average molecular weight is 604 g/mol. The molecule has 1 fully saturated rings. The lowest BCUT2D eigenvalue weighted by Crippen LogP contribution is -2.46. The molecule has 0 radical (unpaired) electrons. The summed E-state index contributed by atoms with van der Waals surface area (Å²) in [4.78, 5) is 40.3. The molecule has 226 valence electrons. The Morgan fingerprint density at radius 3 is 2.58 bits per heavy atom. The van der Waals surface area contributed by atoms with Gasteiger partial charge in [0.15, 0.2) is 0 Å². The summed E-state index contributed by atoms with van der Waals surface area (Å²) in [5.74, 6) is -0.260. The number of likely N-dealkylation sites (tertiary alicyclic amines) is 1. The Labute approximate surface area is 257 Å². The zero-order valence-corrected chi connectivity index (χ0v) is 25.8. The minimum atomic E-state index is -0.627. The number of amides is 3. The van der Waals surface area contributed by atoms with Gasteiger partial charge in [0.25, 0.3) is 0 Å². The van der Waals surface area contributed by atoms with Crippen molar-refractivity contribution in [3.05, 3.63) is 93.5 Å². The lowest BCUT2D eigenvalue weighted by Gasteiger charge is -2.25. The molecule has 9 heteroatoms. The Bertz CT molecular complexity index is 1530. The van der Waals surface area contributed by atoms with Crippen LogP contribution < -0.4 is 10.6 Å². The van der Waals surface area contributed by atoms with Crippen LogP contribution in [-0.2, 0) is 33.8 Å². The van der Waals surface area contributed by atoms with E-state index < -0.39 is 23.8 Å². The molecule has 0 saturated carbocycles. The van der Waals surface area contributed by atoms with E-state index in [1.807, 2.05) is 37.3 Å². The molecule has 1 saturated heterocycles. The van der Waals surface area contributed by atoms with E-state index in [0.717, 1.165) is 23.1 Å². The number of nitrogens with one attached hydrogen (secondary N) is 2. The van der Waals surface area contributed by atoms with E-state index in [0.29, 0.717) is 24.4 Å². The van der Waals surface area contributed by atoms with Crippen LogP contribution in [0.3, 0.4) is 0 Å². The van der Waals surface area contributed by atoms with Crippen molar-refractivity contribution >= 4 is 29.7 Å². The second-order valence-corrected chi connectivity index (χ2v) is 12.5. The number of nitrogens with zero attached hydrogens (tertiary/aromatic N) is 1. The van der Waals surface area contributed by atoms with Crippen LogP contribution in [0.1, 0.15) is 74.4 Å². The third-order valence-corrected chi connectivity index (χ3v) is 8.08. The maximum absolute atomic E-state index is 13.3. The minimum absolute atomic E-state index is 0.148. The van der Waals surface area contributed by atoms with Gasteiger partial charge in [-0.25, -0.2) is 9.59 Å². The molecule has 2 aliphatic rings. The van der Waals surface area contributed by atoms with E-state index in [2.05, 4.69) is 28.8 Å². The third kappa shape index (κ3) is 7.13. The zero-order valence-electron chi connectivity index (χ0n) is 25.0. The van der Waals surface area contributed by atoms with E-state index in [-0.39, 0.29) is 25.1 Å². The molecule has 43 heavy (non-hydrogen) atoms. The molecule has 1 unspecified atom stereocenters. The number of benzene rings is 3. The fraction of sp³-hybridized carbons (Fsp3) is 0.382. The minimum Gasteiger partial charge on any atom is -0.445 e. The van der Waals surface area contributed by atoms with Crippen LogP contribution in [0.4, 0.5) is 9.59 Å². The van der Waals surface area contributed by atoms with E-state index in [9.17, 15) is 14.4 Å². The molecule has 3 amide bonds. The predicted molar refractivity (Wildman–Crippen MR) is 166 cm³/mol. The van der Waals surface area contributed by atoms with Crippen molar-refractivity contribution in [2.24, 2.45) is 0 Å². The van der Waals surface area contributed by atoms with Crippen LogP contribution in [0.2, 0.25) is 5.02 Å². The Morgan fingerprint density at radius 2 is 1.79 bits per heavy atom. The van der Waals surface area contributed by atoms with E-state index in [4.69, 9.17) is 21.1 Å². The fourth-order valence-electron chi connectivity index (χ4n) is 5.85. The van der Waals surface area contributed by atoms with Crippen LogP contribution in [0.5, 0.6) is 0 Å². The Hall–Kier alpha value is -4.04. The zero-order chi connectivity index (χ0) is 30.7. The highest BCUT2D eigenvalue weighted by molar-refractivity contribution is 6.30. The summed E-state index contributed by atoms with van der Waals surface area (Å²) in [6.45, 7) is 8.03. The van der Waals surface area contributed by atoms with Crippen molar-refractivity contribution in [1.82, 2.24) is 15.5 Å². The smallest absolute Gasteiger partial charge is 0.410 e. The highest BCUT2D eigenvalue weighted by Gasteiger charge is 2.35. The maximum atomic E-state index is 13.3. The van der Waals surface area contributed by atoms with Gasteiger partial charge >= 0.3 is 12.2 Å². The van der Waals surface area contributed by atoms with Gasteiger partial charge in [0.2, 0.25) is 5.91 Å². The second-order valence-electron chi connectivity index (χ2n) is 12.1. The van der Waals surface area contributed by atoms with Gasteiger partial charge in [-0.3, -0.25) is 9.69 Å². The molecular weight excluding hydrogens is 566 g/mol. The van der Waals surface area contributed by atoms with Crippen molar-refractivity contribution in [3.8, 4) is 11.1 Å². The number of carbonyl (C=O) groups excluding carboxylic acids is 3. The molecule has 8 nitrogen and oxygen atoms in total. The van der Waals surface area contributed by atoms with E-state index in [1.165, 1.54) is 27.2 Å². The molecule has 2 atom stereocenters. The first-order valence-electron chi connectivity index (χ1n) is 14.7. The molecule has 0 bridgehead atoms. The van der Waals surface area contributed by atoms with Crippen LogP contribution in [0.15, 0.2) is 60.7 Å². The quantitative estimate of drug-likeness (QED) is 0.239. The predicted octanol–water partition coefficient (Wildman–Crippen LogP) is 6.91. The van der Waals surface area contributed by atoms with Gasteiger partial charge in [-0.15, -0.1) is 0 Å². The van der Waals surface area contributed by atoms with Gasteiger partial charge < -0.3 is 20.1 Å². The highest BCUT2D eigenvalue weighted by Crippen LogP contribution is 2.38. The maximum Gasteiger partial charge on any atom is 0.410 e. The third-order valence-electron chi connectivity index (χ3n) is 7.85. The molecular formula is C34H38ClN3O5. The van der Waals surface area contributed by atoms with Gasteiger partial charge in [0, 0.05) is 18.1 Å². The highest BCUT2D eigenvalue weighted by atomic mass is 35.5. The Morgan fingerprint density at radius 1 is 1.02 bits per heavy atom. The van der Waals surface area contributed by atoms with Crippen LogP contribution in [0, 0.1) is 0 Å². The monoisotopic (exact) mass is 603 g/mol. The molecule has 1 aliphatic carbocycles. The van der Waals surface area contributed by atoms with Gasteiger partial charge in [0.1, 0.15) is 18.2 Å². The van der Waals surface area contributed by atoms with Crippen LogP contribution in [0.25, 0.3) is 11.1 Å². The number of ether oxygens (including phenoxy) is 2. The van der Waals surface area contributed by atoms with Crippen molar-refractivity contribution in [2.45, 2.75) is 77.8 Å². The van der Waals surface area contributed by atoms with Gasteiger partial charge in [-0.1, -0.05) is 60.1 Å². The first kappa shape index (κ1) is 30.4. The summed E-state index contributed by atoms with van der Waals surface area (Å²) in [5, 5.41) is 6.32. The van der Waals surface area contributed by atoms with E-state index >= 15 is 0 Å². The number of rotatable bonds is 7. The first-order chi connectivity index (χ1) is 20.5. The summed E-state index contributed by atoms with van der Waals surface area (Å²) in [7, 11) is 0. The Balaban J connectivity index is 1.19. The molecule has 3 aromatic rings. The number of carbonyl (C=O) groups is 3. The number of halogens is 1. The lowest BCUT2D eigenvalue weighted by atomic mass is 10.0. The molecule has 3 aromatic carbocycles. The Kier molecular flexibility index (Phi) is 8.97. The van der Waals surface area contributed by atoms with Crippen molar-refractivity contribution in [1.29, 1.82) is 0 Å². The van der Waals surface area contributed by atoms with Crippen LogP contribution >= 0.6 is 11.6 Å². The fourth-order valence-corrected chi connectivity index (χ4v) is 6.05. The average Bonchev–Trinajstić information content (AvgIpc) is 3.59. The molecule has 1 heterocycles. The normalized spacial score (nSPS) is 16.2. The molecule has 0 spiro atoms. The molecule has 2 N–H and O–H groups in total. The second kappa shape index (κ2) is 12.7. The van der Waals surface area contributed by atoms with Crippen molar-refractivity contribution in [3.63, 3.8) is 0 Å². The number of alkyl carbamates (subject to hydrolysis) is 1.